The average molecular weight is 395 g/mol. The van der Waals surface area contributed by atoms with E-state index >= 15 is 0 Å². The summed E-state index contributed by atoms with van der Waals surface area (Å²) in [5, 5.41) is 2.75. The predicted octanol–water partition coefficient (Wildman–Crippen LogP) is 2.20. The number of likely N-dealkylation sites (tertiary alicyclic amines) is 2. The molecule has 4 rings (SSSR count). The summed E-state index contributed by atoms with van der Waals surface area (Å²) in [5.41, 5.74) is 1.11. The highest BCUT2D eigenvalue weighted by Crippen LogP contribution is 2.36. The van der Waals surface area contributed by atoms with Crippen LogP contribution in [0, 0.1) is 11.8 Å². The molecule has 152 valence electrons. The van der Waals surface area contributed by atoms with Gasteiger partial charge in [0, 0.05) is 24.3 Å². The van der Waals surface area contributed by atoms with Crippen molar-refractivity contribution >= 4 is 29.3 Å². The molecule has 29 heavy (non-hydrogen) atoms. The Hall–Kier alpha value is -2.96. The maximum atomic E-state index is 12.7. The Bertz CT molecular complexity index is 845. The molecule has 0 bridgehead atoms. The van der Waals surface area contributed by atoms with Crippen LogP contribution >= 0.6 is 0 Å². The van der Waals surface area contributed by atoms with Crippen LogP contribution in [0.1, 0.15) is 43.0 Å². The number of imide groups is 1. The first-order valence-corrected chi connectivity index (χ1v) is 10.2. The lowest BCUT2D eigenvalue weighted by molar-refractivity contribution is -0.146. The summed E-state index contributed by atoms with van der Waals surface area (Å²) in [6, 6.07) is 5.84. The summed E-state index contributed by atoms with van der Waals surface area (Å²) in [6.45, 7) is 3.13. The molecule has 0 radical (unpaired) electrons. The van der Waals surface area contributed by atoms with Gasteiger partial charge in [0.1, 0.15) is 6.04 Å². The Morgan fingerprint density at radius 1 is 0.966 bits per heavy atom. The zero-order chi connectivity index (χ0) is 20.5. The van der Waals surface area contributed by atoms with Crippen molar-refractivity contribution in [1.82, 2.24) is 9.80 Å². The summed E-state index contributed by atoms with van der Waals surface area (Å²) in [4.78, 5) is 53.3. The van der Waals surface area contributed by atoms with Gasteiger partial charge in [0.25, 0.3) is 5.91 Å². The highest BCUT2D eigenvalue weighted by molar-refractivity contribution is 6.10. The smallest absolute Gasteiger partial charge is 0.253 e. The summed E-state index contributed by atoms with van der Waals surface area (Å²) in [5.74, 6) is -1.65. The first-order valence-electron chi connectivity index (χ1n) is 10.2. The van der Waals surface area contributed by atoms with Crippen LogP contribution in [0.3, 0.4) is 0 Å². The molecule has 0 spiro atoms. The molecule has 1 N–H and O–H groups in total. The van der Waals surface area contributed by atoms with E-state index < -0.39 is 11.9 Å². The SMILES string of the molecule is C[C@H](C(=O)Nc1ccc(C(=O)N2CCCC2)cc1)N1C(=O)[C@H]2CC=CC[C@H]2C1=O. The molecular weight excluding hydrogens is 370 g/mol. The zero-order valence-electron chi connectivity index (χ0n) is 16.5. The van der Waals surface area contributed by atoms with Crippen molar-refractivity contribution in [2.75, 3.05) is 18.4 Å². The van der Waals surface area contributed by atoms with Gasteiger partial charge in [-0.05, 0) is 56.9 Å². The van der Waals surface area contributed by atoms with Crippen LogP contribution in [0.5, 0.6) is 0 Å². The number of amides is 4. The number of nitrogens with one attached hydrogen (secondary N) is 1. The fraction of sp³-hybridized carbons (Fsp3) is 0.455. The molecule has 1 aliphatic carbocycles. The standard InChI is InChI=1S/C22H25N3O4/c1-14(25-21(28)17-6-2-3-7-18(17)22(25)29)19(26)23-16-10-8-15(9-11-16)20(27)24-12-4-5-13-24/h2-3,8-11,14,17-18H,4-7,12-13H2,1H3,(H,23,26)/t14-,17-,18+/m1/s1. The number of fused-ring (bicyclic) bond motifs is 1. The summed E-state index contributed by atoms with van der Waals surface area (Å²) in [7, 11) is 0. The Morgan fingerprint density at radius 3 is 2.07 bits per heavy atom. The number of carbonyl (C=O) groups excluding carboxylic acids is 4. The highest BCUT2D eigenvalue weighted by Gasteiger charge is 2.50. The van der Waals surface area contributed by atoms with Gasteiger partial charge in [-0.3, -0.25) is 24.1 Å². The first-order chi connectivity index (χ1) is 14.0. The maximum absolute atomic E-state index is 12.7. The number of hydrogen-bond acceptors (Lipinski definition) is 4. The van der Waals surface area contributed by atoms with Crippen molar-refractivity contribution in [1.29, 1.82) is 0 Å². The Balaban J connectivity index is 1.40. The van der Waals surface area contributed by atoms with E-state index in [1.165, 1.54) is 0 Å². The molecule has 0 aromatic heterocycles. The number of rotatable bonds is 4. The first kappa shape index (κ1) is 19.4. The van der Waals surface area contributed by atoms with E-state index in [1.54, 1.807) is 31.2 Å². The van der Waals surface area contributed by atoms with E-state index in [4.69, 9.17) is 0 Å². The monoisotopic (exact) mass is 395 g/mol. The van der Waals surface area contributed by atoms with Crippen LogP contribution in [0.2, 0.25) is 0 Å². The summed E-state index contributed by atoms with van der Waals surface area (Å²) < 4.78 is 0. The third kappa shape index (κ3) is 3.57. The van der Waals surface area contributed by atoms with Crippen LogP contribution in [-0.4, -0.2) is 52.6 Å². The normalized spacial score (nSPS) is 24.6. The van der Waals surface area contributed by atoms with Gasteiger partial charge in [-0.2, -0.15) is 0 Å². The van der Waals surface area contributed by atoms with Gasteiger partial charge in [0.05, 0.1) is 11.8 Å². The number of allylic oxidation sites excluding steroid dienone is 2. The number of nitrogens with zero attached hydrogens (tertiary/aromatic N) is 2. The van der Waals surface area contributed by atoms with Crippen LogP contribution in [0.25, 0.3) is 0 Å². The van der Waals surface area contributed by atoms with Gasteiger partial charge in [-0.15, -0.1) is 0 Å². The van der Waals surface area contributed by atoms with Crippen molar-refractivity contribution in [2.45, 2.75) is 38.6 Å². The van der Waals surface area contributed by atoms with Crippen molar-refractivity contribution in [2.24, 2.45) is 11.8 Å². The van der Waals surface area contributed by atoms with Crippen LogP contribution in [0.15, 0.2) is 36.4 Å². The average Bonchev–Trinajstić information content (AvgIpc) is 3.36. The van der Waals surface area contributed by atoms with E-state index in [-0.39, 0.29) is 29.6 Å². The van der Waals surface area contributed by atoms with Crippen molar-refractivity contribution < 1.29 is 19.2 Å². The minimum absolute atomic E-state index is 0.00165. The zero-order valence-corrected chi connectivity index (χ0v) is 16.5. The van der Waals surface area contributed by atoms with Gasteiger partial charge in [-0.25, -0.2) is 0 Å². The third-order valence-electron chi connectivity index (χ3n) is 6.10. The molecule has 1 aromatic carbocycles. The van der Waals surface area contributed by atoms with E-state index in [9.17, 15) is 19.2 Å². The minimum atomic E-state index is -0.883. The van der Waals surface area contributed by atoms with Crippen molar-refractivity contribution in [3.8, 4) is 0 Å². The van der Waals surface area contributed by atoms with Gasteiger partial charge in [0.2, 0.25) is 17.7 Å². The minimum Gasteiger partial charge on any atom is -0.339 e. The predicted molar refractivity (Wildman–Crippen MR) is 107 cm³/mol. The van der Waals surface area contributed by atoms with Gasteiger partial charge in [0.15, 0.2) is 0 Å². The molecule has 2 aliphatic heterocycles. The van der Waals surface area contributed by atoms with E-state index in [0.29, 0.717) is 24.1 Å². The second kappa shape index (κ2) is 7.81. The molecule has 2 heterocycles. The molecular formula is C22H25N3O4. The Labute approximate surface area is 169 Å². The molecule has 0 saturated carbocycles. The van der Waals surface area contributed by atoms with Gasteiger partial charge < -0.3 is 10.2 Å². The summed E-state index contributed by atoms with van der Waals surface area (Å²) in [6.07, 6.45) is 7.00. The molecule has 0 unspecified atom stereocenters. The fourth-order valence-corrected chi connectivity index (χ4v) is 4.37. The molecule has 3 aliphatic rings. The second-order valence-electron chi connectivity index (χ2n) is 7.94. The molecule has 4 amide bonds. The number of hydrogen-bond donors (Lipinski definition) is 1. The second-order valence-corrected chi connectivity index (χ2v) is 7.94. The van der Waals surface area contributed by atoms with E-state index in [2.05, 4.69) is 5.32 Å². The van der Waals surface area contributed by atoms with Crippen LogP contribution < -0.4 is 5.32 Å². The number of benzene rings is 1. The van der Waals surface area contributed by atoms with Crippen LogP contribution in [0.4, 0.5) is 5.69 Å². The largest absolute Gasteiger partial charge is 0.339 e. The topological polar surface area (TPSA) is 86.8 Å². The Kier molecular flexibility index (Phi) is 5.22. The lowest BCUT2D eigenvalue weighted by Gasteiger charge is -2.22. The van der Waals surface area contributed by atoms with Crippen molar-refractivity contribution in [3.05, 3.63) is 42.0 Å². The summed E-state index contributed by atoms with van der Waals surface area (Å²) >= 11 is 0. The molecule has 2 fully saturated rings. The third-order valence-corrected chi connectivity index (χ3v) is 6.10. The highest BCUT2D eigenvalue weighted by atomic mass is 16.2. The van der Waals surface area contributed by atoms with E-state index in [1.807, 2.05) is 17.1 Å². The number of carbonyl (C=O) groups is 4. The van der Waals surface area contributed by atoms with Crippen LogP contribution in [-0.2, 0) is 14.4 Å². The van der Waals surface area contributed by atoms with Gasteiger partial charge >= 0.3 is 0 Å². The molecule has 7 nitrogen and oxygen atoms in total. The molecule has 1 aromatic rings. The Morgan fingerprint density at radius 2 is 1.52 bits per heavy atom. The molecule has 3 atom stereocenters. The van der Waals surface area contributed by atoms with E-state index in [0.717, 1.165) is 30.8 Å². The van der Waals surface area contributed by atoms with Crippen molar-refractivity contribution in [3.63, 3.8) is 0 Å². The lowest BCUT2D eigenvalue weighted by Crippen LogP contribution is -2.46. The quantitative estimate of drug-likeness (QED) is 0.625. The molecule has 2 saturated heterocycles. The lowest BCUT2D eigenvalue weighted by atomic mass is 9.85. The number of anilines is 1. The fourth-order valence-electron chi connectivity index (χ4n) is 4.37. The molecule has 7 heteroatoms. The van der Waals surface area contributed by atoms with Gasteiger partial charge in [-0.1, -0.05) is 12.2 Å². The maximum Gasteiger partial charge on any atom is 0.253 e.